The van der Waals surface area contributed by atoms with Crippen molar-refractivity contribution in [1.29, 1.82) is 0 Å². The van der Waals surface area contributed by atoms with Gasteiger partial charge in [0.15, 0.2) is 5.78 Å². The van der Waals surface area contributed by atoms with Gasteiger partial charge in [0, 0.05) is 30.5 Å². The fraction of sp³-hybridized carbons (Fsp3) is 0.227. The van der Waals surface area contributed by atoms with Crippen molar-refractivity contribution in [3.8, 4) is 0 Å². The Kier molecular flexibility index (Phi) is 5.71. The number of anilines is 1. The minimum Gasteiger partial charge on any atom is -0.311 e. The summed E-state index contributed by atoms with van der Waals surface area (Å²) in [5, 5.41) is 9.64. The molecule has 2 N–H and O–H groups in total. The van der Waals surface area contributed by atoms with Crippen LogP contribution in [0.3, 0.4) is 0 Å². The van der Waals surface area contributed by atoms with Gasteiger partial charge in [-0.05, 0) is 18.6 Å². The molecular formula is C22H22N4O4S. The van der Waals surface area contributed by atoms with E-state index in [0.717, 1.165) is 0 Å². The van der Waals surface area contributed by atoms with E-state index in [9.17, 15) is 18.0 Å². The van der Waals surface area contributed by atoms with E-state index in [1.54, 1.807) is 55.5 Å². The number of nitrogens with one attached hydrogen (secondary N) is 2. The van der Waals surface area contributed by atoms with Crippen molar-refractivity contribution in [3.05, 3.63) is 77.0 Å². The van der Waals surface area contributed by atoms with E-state index in [1.165, 1.54) is 4.31 Å². The number of benzene rings is 2. The van der Waals surface area contributed by atoms with Crippen LogP contribution in [0, 0.1) is 6.92 Å². The number of amides is 1. The van der Waals surface area contributed by atoms with Crippen LogP contribution in [0.5, 0.6) is 0 Å². The summed E-state index contributed by atoms with van der Waals surface area (Å²) in [5.74, 6) is -0.0772. The summed E-state index contributed by atoms with van der Waals surface area (Å²) in [4.78, 5) is 24.8. The zero-order valence-corrected chi connectivity index (χ0v) is 17.8. The Balaban J connectivity index is 1.41. The molecule has 0 unspecified atom stereocenters. The minimum absolute atomic E-state index is 0.0206. The van der Waals surface area contributed by atoms with Crippen molar-refractivity contribution < 1.29 is 18.0 Å². The van der Waals surface area contributed by atoms with Crippen molar-refractivity contribution in [2.45, 2.75) is 37.8 Å². The number of carbonyl (C=O) groups is 2. The number of aryl methyl sites for hydroxylation is 1. The van der Waals surface area contributed by atoms with Crippen molar-refractivity contribution in [2.75, 3.05) is 5.32 Å². The molecule has 8 nitrogen and oxygen atoms in total. The third-order valence-corrected chi connectivity index (χ3v) is 7.22. The lowest BCUT2D eigenvalue weighted by atomic mass is 10.1. The maximum atomic E-state index is 13.0. The monoisotopic (exact) mass is 438 g/mol. The van der Waals surface area contributed by atoms with E-state index in [-0.39, 0.29) is 42.5 Å². The molecule has 31 heavy (non-hydrogen) atoms. The standard InChI is InChI=1S/C22H22N4O4S/c1-15-7-5-6-10-20(15)31(29,30)26-13-17-18(14-26)24-25-22(17)23-21(28)12-11-19(27)16-8-3-2-4-9-16/h2-10H,11-14H2,1H3,(H2,23,24,25,28). The van der Waals surface area contributed by atoms with Crippen molar-refractivity contribution in [3.63, 3.8) is 0 Å². The van der Waals surface area contributed by atoms with Crippen LogP contribution in [0.1, 0.15) is 40.0 Å². The molecule has 3 aromatic rings. The van der Waals surface area contributed by atoms with E-state index in [1.807, 2.05) is 6.07 Å². The SMILES string of the molecule is Cc1ccccc1S(=O)(=O)N1Cc2n[nH]c(NC(=O)CCC(=O)c3ccccc3)c2C1. The number of Topliss-reactive ketones (excluding diaryl/α,β-unsaturated/α-hetero) is 1. The zero-order valence-electron chi connectivity index (χ0n) is 17.0. The third kappa shape index (κ3) is 4.28. The highest BCUT2D eigenvalue weighted by molar-refractivity contribution is 7.89. The lowest BCUT2D eigenvalue weighted by molar-refractivity contribution is -0.116. The van der Waals surface area contributed by atoms with Crippen LogP contribution in [0.25, 0.3) is 0 Å². The van der Waals surface area contributed by atoms with E-state index >= 15 is 0 Å². The maximum absolute atomic E-state index is 13.0. The second-order valence-electron chi connectivity index (χ2n) is 7.40. The maximum Gasteiger partial charge on any atom is 0.244 e. The van der Waals surface area contributed by atoms with E-state index in [2.05, 4.69) is 15.5 Å². The van der Waals surface area contributed by atoms with Gasteiger partial charge in [0.05, 0.1) is 17.1 Å². The van der Waals surface area contributed by atoms with E-state index in [4.69, 9.17) is 0 Å². The highest BCUT2D eigenvalue weighted by Crippen LogP contribution is 2.32. The zero-order chi connectivity index (χ0) is 22.0. The van der Waals surface area contributed by atoms with Gasteiger partial charge in [-0.25, -0.2) is 8.42 Å². The minimum atomic E-state index is -3.68. The number of sulfonamides is 1. The Morgan fingerprint density at radius 2 is 1.74 bits per heavy atom. The van der Waals surface area contributed by atoms with Gasteiger partial charge in [-0.3, -0.25) is 14.7 Å². The molecular weight excluding hydrogens is 416 g/mol. The highest BCUT2D eigenvalue weighted by atomic mass is 32.2. The van der Waals surface area contributed by atoms with Crippen LogP contribution in [0.4, 0.5) is 5.82 Å². The summed E-state index contributed by atoms with van der Waals surface area (Å²) in [6, 6.07) is 15.6. The molecule has 4 rings (SSSR count). The molecule has 2 heterocycles. The molecule has 1 aliphatic heterocycles. The van der Waals surface area contributed by atoms with Crippen LogP contribution in [-0.4, -0.2) is 34.6 Å². The second kappa shape index (κ2) is 8.44. The van der Waals surface area contributed by atoms with Crippen molar-refractivity contribution >= 4 is 27.5 Å². The quantitative estimate of drug-likeness (QED) is 0.551. The number of hydrogen-bond acceptors (Lipinski definition) is 5. The first-order chi connectivity index (χ1) is 14.9. The number of H-pyrrole nitrogens is 1. The Labute approximate surface area is 180 Å². The number of aromatic nitrogens is 2. The predicted molar refractivity (Wildman–Crippen MR) is 115 cm³/mol. The molecule has 0 bridgehead atoms. The molecule has 1 aliphatic rings. The molecule has 0 fully saturated rings. The smallest absolute Gasteiger partial charge is 0.244 e. The Morgan fingerprint density at radius 3 is 2.48 bits per heavy atom. The van der Waals surface area contributed by atoms with Gasteiger partial charge in [-0.15, -0.1) is 0 Å². The number of aromatic amines is 1. The van der Waals surface area contributed by atoms with Crippen LogP contribution in [0.15, 0.2) is 59.5 Å². The molecule has 0 saturated heterocycles. The first-order valence-electron chi connectivity index (χ1n) is 9.86. The number of carbonyl (C=O) groups excluding carboxylic acids is 2. The topological polar surface area (TPSA) is 112 Å². The van der Waals surface area contributed by atoms with Gasteiger partial charge in [0.2, 0.25) is 15.9 Å². The number of rotatable bonds is 7. The van der Waals surface area contributed by atoms with Crippen LogP contribution in [-0.2, 0) is 27.9 Å². The first-order valence-corrected chi connectivity index (χ1v) is 11.3. The van der Waals surface area contributed by atoms with Gasteiger partial charge in [-0.2, -0.15) is 9.40 Å². The van der Waals surface area contributed by atoms with E-state index < -0.39 is 10.0 Å². The van der Waals surface area contributed by atoms with Crippen LogP contribution >= 0.6 is 0 Å². The summed E-state index contributed by atoms with van der Waals surface area (Å²) in [6.45, 7) is 2.00. The largest absolute Gasteiger partial charge is 0.311 e. The average molecular weight is 439 g/mol. The second-order valence-corrected chi connectivity index (χ2v) is 9.31. The van der Waals surface area contributed by atoms with Gasteiger partial charge in [0.1, 0.15) is 5.82 Å². The molecule has 1 amide bonds. The summed E-state index contributed by atoms with van der Waals surface area (Å²) < 4.78 is 27.4. The number of hydrogen-bond donors (Lipinski definition) is 2. The average Bonchev–Trinajstić information content (AvgIpc) is 3.35. The molecule has 0 aliphatic carbocycles. The summed E-state index contributed by atoms with van der Waals surface area (Å²) >= 11 is 0. The number of fused-ring (bicyclic) bond motifs is 1. The van der Waals surface area contributed by atoms with Crippen LogP contribution in [0.2, 0.25) is 0 Å². The number of nitrogens with zero attached hydrogens (tertiary/aromatic N) is 2. The Morgan fingerprint density at radius 1 is 1.03 bits per heavy atom. The molecule has 0 radical (unpaired) electrons. The summed E-state index contributed by atoms with van der Waals surface area (Å²) in [6.07, 6.45) is 0.104. The molecule has 160 valence electrons. The molecule has 0 saturated carbocycles. The van der Waals surface area contributed by atoms with Gasteiger partial charge < -0.3 is 5.32 Å². The summed E-state index contributed by atoms with van der Waals surface area (Å²) in [5.41, 5.74) is 2.45. The van der Waals surface area contributed by atoms with E-state index in [0.29, 0.717) is 28.2 Å². The molecule has 0 spiro atoms. The predicted octanol–water partition coefficient (Wildman–Crippen LogP) is 3.02. The van der Waals surface area contributed by atoms with Crippen molar-refractivity contribution in [1.82, 2.24) is 14.5 Å². The molecule has 1 aromatic heterocycles. The van der Waals surface area contributed by atoms with Crippen LogP contribution < -0.4 is 5.32 Å². The Bertz CT molecular complexity index is 1240. The van der Waals surface area contributed by atoms with Gasteiger partial charge in [-0.1, -0.05) is 48.5 Å². The first kappa shape index (κ1) is 21.0. The lowest BCUT2D eigenvalue weighted by Crippen LogP contribution is -2.27. The van der Waals surface area contributed by atoms with Gasteiger partial charge in [0.25, 0.3) is 0 Å². The fourth-order valence-electron chi connectivity index (χ4n) is 3.56. The summed E-state index contributed by atoms with van der Waals surface area (Å²) in [7, 11) is -3.68. The molecule has 9 heteroatoms. The molecule has 0 atom stereocenters. The normalized spacial score (nSPS) is 13.7. The van der Waals surface area contributed by atoms with Crippen molar-refractivity contribution in [2.24, 2.45) is 0 Å². The fourth-order valence-corrected chi connectivity index (χ4v) is 5.15. The third-order valence-electron chi connectivity index (χ3n) is 5.26. The lowest BCUT2D eigenvalue weighted by Gasteiger charge is -2.17. The Hall–Kier alpha value is -3.30. The molecule has 2 aromatic carbocycles. The highest BCUT2D eigenvalue weighted by Gasteiger charge is 2.35. The number of ketones is 1. The van der Waals surface area contributed by atoms with Gasteiger partial charge >= 0.3 is 0 Å².